The summed E-state index contributed by atoms with van der Waals surface area (Å²) in [4.78, 5) is 8.96. The number of thiazole rings is 1. The topological polar surface area (TPSA) is 54.5 Å². The molecule has 0 amide bonds. The Labute approximate surface area is 125 Å². The van der Waals surface area contributed by atoms with E-state index in [9.17, 15) is 0 Å². The number of halogens is 1. The third-order valence-electron chi connectivity index (χ3n) is 3.08. The molecule has 20 heavy (non-hydrogen) atoms. The van der Waals surface area contributed by atoms with Crippen LogP contribution in [0.1, 0.15) is 22.1 Å². The molecule has 3 rings (SSSR count). The molecule has 2 heterocycles. The minimum atomic E-state index is 0.308. The molecule has 0 unspecified atom stereocenters. The maximum atomic E-state index is 9.16. The van der Waals surface area contributed by atoms with Crippen LogP contribution in [0.3, 0.4) is 0 Å². The molecule has 0 saturated carbocycles. The number of hydrogen-bond donors (Lipinski definition) is 0. The van der Waals surface area contributed by atoms with Gasteiger partial charge >= 0.3 is 0 Å². The van der Waals surface area contributed by atoms with Gasteiger partial charge in [0.2, 0.25) is 0 Å². The largest absolute Gasteiger partial charge is 0.321 e. The molecule has 1 aromatic carbocycles. The van der Waals surface area contributed by atoms with Gasteiger partial charge in [-0.3, -0.25) is 0 Å². The molecule has 0 atom stereocenters. The fourth-order valence-electron chi connectivity index (χ4n) is 2.21. The minimum absolute atomic E-state index is 0.308. The SMILES string of the molecule is Cc1nc(Cn2c(CCl)nc3c(C#N)cccc32)cs1. The predicted molar refractivity (Wildman–Crippen MR) is 80.0 cm³/mol. The van der Waals surface area contributed by atoms with Crippen LogP contribution in [0.4, 0.5) is 0 Å². The van der Waals surface area contributed by atoms with E-state index in [1.54, 1.807) is 17.4 Å². The molecule has 2 aromatic heterocycles. The van der Waals surface area contributed by atoms with Crippen LogP contribution in [0.15, 0.2) is 23.6 Å². The summed E-state index contributed by atoms with van der Waals surface area (Å²) in [5.41, 5.74) is 3.19. The number of fused-ring (bicyclic) bond motifs is 1. The van der Waals surface area contributed by atoms with Gasteiger partial charge in [-0.05, 0) is 19.1 Å². The highest BCUT2D eigenvalue weighted by Crippen LogP contribution is 2.22. The molecule has 0 aliphatic rings. The molecule has 4 nitrogen and oxygen atoms in total. The highest BCUT2D eigenvalue weighted by Gasteiger charge is 2.14. The van der Waals surface area contributed by atoms with Crippen molar-refractivity contribution < 1.29 is 0 Å². The van der Waals surface area contributed by atoms with E-state index < -0.39 is 0 Å². The Kier molecular flexibility index (Phi) is 3.43. The van der Waals surface area contributed by atoms with Crippen molar-refractivity contribution in [2.24, 2.45) is 0 Å². The Hall–Kier alpha value is -1.90. The zero-order valence-corrected chi connectivity index (χ0v) is 12.4. The number of para-hydroxylation sites is 1. The van der Waals surface area contributed by atoms with Gasteiger partial charge in [-0.1, -0.05) is 6.07 Å². The summed E-state index contributed by atoms with van der Waals surface area (Å²) in [5.74, 6) is 1.07. The highest BCUT2D eigenvalue weighted by molar-refractivity contribution is 7.09. The van der Waals surface area contributed by atoms with Crippen molar-refractivity contribution in [1.29, 1.82) is 5.26 Å². The van der Waals surface area contributed by atoms with Crippen molar-refractivity contribution in [2.45, 2.75) is 19.3 Å². The summed E-state index contributed by atoms with van der Waals surface area (Å²) in [6.45, 7) is 2.61. The molecule has 6 heteroatoms. The first-order valence-corrected chi connectivity index (χ1v) is 7.49. The van der Waals surface area contributed by atoms with E-state index in [2.05, 4.69) is 16.0 Å². The van der Waals surface area contributed by atoms with Crippen molar-refractivity contribution in [1.82, 2.24) is 14.5 Å². The first kappa shape index (κ1) is 13.1. The number of aryl methyl sites for hydroxylation is 1. The Morgan fingerprint density at radius 3 is 2.90 bits per heavy atom. The average molecular weight is 303 g/mol. The lowest BCUT2D eigenvalue weighted by atomic mass is 10.2. The number of aromatic nitrogens is 3. The molecular weight excluding hydrogens is 292 g/mol. The first-order valence-electron chi connectivity index (χ1n) is 6.08. The van der Waals surface area contributed by atoms with Gasteiger partial charge in [0.25, 0.3) is 0 Å². The molecule has 0 spiro atoms. The van der Waals surface area contributed by atoms with Gasteiger partial charge in [0.15, 0.2) is 0 Å². The Bertz CT molecular complexity index is 812. The second-order valence-electron chi connectivity index (χ2n) is 4.39. The average Bonchev–Trinajstić information content (AvgIpc) is 3.03. The van der Waals surface area contributed by atoms with Crippen molar-refractivity contribution in [3.8, 4) is 6.07 Å². The quantitative estimate of drug-likeness (QED) is 0.696. The lowest BCUT2D eigenvalue weighted by Gasteiger charge is -2.05. The van der Waals surface area contributed by atoms with Crippen LogP contribution in [0.5, 0.6) is 0 Å². The molecule has 100 valence electrons. The summed E-state index contributed by atoms with van der Waals surface area (Å²) in [7, 11) is 0. The number of rotatable bonds is 3. The first-order chi connectivity index (χ1) is 9.72. The van der Waals surface area contributed by atoms with Gasteiger partial charge in [0, 0.05) is 5.38 Å². The zero-order valence-electron chi connectivity index (χ0n) is 10.8. The summed E-state index contributed by atoms with van der Waals surface area (Å²) < 4.78 is 2.03. The summed E-state index contributed by atoms with van der Waals surface area (Å²) in [5, 5.41) is 12.2. The third kappa shape index (κ3) is 2.17. The highest BCUT2D eigenvalue weighted by atomic mass is 35.5. The number of nitrogens with zero attached hydrogens (tertiary/aromatic N) is 4. The fraction of sp³-hybridized carbons (Fsp3) is 0.214. The third-order valence-corrected chi connectivity index (χ3v) is 4.15. The molecule has 0 N–H and O–H groups in total. The summed E-state index contributed by atoms with van der Waals surface area (Å²) in [6, 6.07) is 7.76. The Balaban J connectivity index is 2.16. The standard InChI is InChI=1S/C14H11ClN4S/c1-9-17-11(8-20-9)7-19-12-4-2-3-10(6-16)14(12)18-13(19)5-15/h2-4,8H,5,7H2,1H3. The molecule has 3 aromatic rings. The van der Waals surface area contributed by atoms with Gasteiger partial charge in [-0.25, -0.2) is 9.97 Å². The smallest absolute Gasteiger partial charge is 0.125 e. The Morgan fingerprint density at radius 1 is 1.40 bits per heavy atom. The van der Waals surface area contributed by atoms with Gasteiger partial charge in [0.05, 0.1) is 34.2 Å². The molecule has 0 aliphatic heterocycles. The van der Waals surface area contributed by atoms with Crippen molar-refractivity contribution in [3.63, 3.8) is 0 Å². The molecule has 0 saturated heterocycles. The number of hydrogen-bond acceptors (Lipinski definition) is 4. The number of alkyl halides is 1. The molecule has 0 aliphatic carbocycles. The van der Waals surface area contributed by atoms with Crippen molar-refractivity contribution in [2.75, 3.05) is 0 Å². The van der Waals surface area contributed by atoms with Crippen LogP contribution in [0.25, 0.3) is 11.0 Å². The van der Waals surface area contributed by atoms with Crippen molar-refractivity contribution >= 4 is 34.0 Å². The van der Waals surface area contributed by atoms with Gasteiger partial charge in [-0.2, -0.15) is 5.26 Å². The molecule has 0 radical (unpaired) electrons. The predicted octanol–water partition coefficient (Wildman–Crippen LogP) is 3.46. The minimum Gasteiger partial charge on any atom is -0.321 e. The van der Waals surface area contributed by atoms with Crippen LogP contribution in [-0.4, -0.2) is 14.5 Å². The van der Waals surface area contributed by atoms with E-state index in [0.717, 1.165) is 22.0 Å². The van der Waals surface area contributed by atoms with E-state index in [1.165, 1.54) is 0 Å². The van der Waals surface area contributed by atoms with Crippen LogP contribution in [0, 0.1) is 18.3 Å². The molecule has 0 bridgehead atoms. The maximum Gasteiger partial charge on any atom is 0.125 e. The van der Waals surface area contributed by atoms with E-state index in [-0.39, 0.29) is 0 Å². The van der Waals surface area contributed by atoms with Crippen LogP contribution < -0.4 is 0 Å². The molecule has 0 fully saturated rings. The monoisotopic (exact) mass is 302 g/mol. The maximum absolute atomic E-state index is 9.16. The van der Waals surface area contributed by atoms with Crippen molar-refractivity contribution in [3.05, 3.63) is 45.7 Å². The number of imidazole rings is 1. The van der Waals surface area contributed by atoms with E-state index >= 15 is 0 Å². The van der Waals surface area contributed by atoms with E-state index in [4.69, 9.17) is 16.9 Å². The fourth-order valence-corrected chi connectivity index (χ4v) is 3.01. The second-order valence-corrected chi connectivity index (χ2v) is 5.72. The van der Waals surface area contributed by atoms with Gasteiger partial charge < -0.3 is 4.57 Å². The molecular formula is C14H11ClN4S. The van der Waals surface area contributed by atoms with Gasteiger partial charge in [-0.15, -0.1) is 22.9 Å². The van der Waals surface area contributed by atoms with E-state index in [1.807, 2.05) is 29.0 Å². The second kappa shape index (κ2) is 5.23. The number of nitriles is 1. The van der Waals surface area contributed by atoms with E-state index in [0.29, 0.717) is 23.5 Å². The lowest BCUT2D eigenvalue weighted by molar-refractivity contribution is 0.761. The summed E-state index contributed by atoms with van der Waals surface area (Å²) >= 11 is 7.61. The lowest BCUT2D eigenvalue weighted by Crippen LogP contribution is -2.04. The number of benzene rings is 1. The normalized spacial score (nSPS) is 10.8. The van der Waals surface area contributed by atoms with Crippen LogP contribution in [0.2, 0.25) is 0 Å². The zero-order chi connectivity index (χ0) is 14.1. The van der Waals surface area contributed by atoms with Gasteiger partial charge in [0.1, 0.15) is 17.4 Å². The van der Waals surface area contributed by atoms with Crippen LogP contribution >= 0.6 is 22.9 Å². The summed E-state index contributed by atoms with van der Waals surface area (Å²) in [6.07, 6.45) is 0. The van der Waals surface area contributed by atoms with Crippen LogP contribution in [-0.2, 0) is 12.4 Å². The Morgan fingerprint density at radius 2 is 2.25 bits per heavy atom.